The number of nitrogens with one attached hydrogen (secondary N) is 1. The van der Waals surface area contributed by atoms with Crippen molar-refractivity contribution in [1.29, 1.82) is 0 Å². The van der Waals surface area contributed by atoms with Crippen molar-refractivity contribution >= 4 is 5.91 Å². The summed E-state index contributed by atoms with van der Waals surface area (Å²) in [6.07, 6.45) is -4.62. The van der Waals surface area contributed by atoms with E-state index in [1.165, 1.54) is 4.90 Å². The fourth-order valence-electron chi connectivity index (χ4n) is 3.17. The molecule has 4 heterocycles. The number of carbonyl (C=O) groups excluding carboxylic acids is 1. The summed E-state index contributed by atoms with van der Waals surface area (Å²) >= 11 is 0. The summed E-state index contributed by atoms with van der Waals surface area (Å²) in [6.45, 7) is 3.25. The van der Waals surface area contributed by atoms with Crippen LogP contribution in [0.25, 0.3) is 5.95 Å². The number of rotatable bonds is 2. The predicted octanol–water partition coefficient (Wildman–Crippen LogP) is 0.839. The Hall–Kier alpha value is -3.51. The molecule has 0 aliphatic carbocycles. The van der Waals surface area contributed by atoms with E-state index in [1.807, 2.05) is 0 Å². The third kappa shape index (κ3) is 3.39. The fourth-order valence-corrected chi connectivity index (χ4v) is 3.17. The minimum Gasteiger partial charge on any atom is -0.328 e. The summed E-state index contributed by atoms with van der Waals surface area (Å²) in [5, 5.41) is 9.39. The molecule has 0 bridgehead atoms. The van der Waals surface area contributed by atoms with E-state index in [0.717, 1.165) is 15.3 Å². The van der Waals surface area contributed by atoms with Gasteiger partial charge >= 0.3 is 6.18 Å². The number of H-pyrrole nitrogens is 1. The number of aryl methyl sites for hydroxylation is 2. The zero-order valence-electron chi connectivity index (χ0n) is 15.4. The average Bonchev–Trinajstić information content (AvgIpc) is 3.23. The van der Waals surface area contributed by atoms with Gasteiger partial charge in [-0.1, -0.05) is 0 Å². The van der Waals surface area contributed by atoms with Crippen molar-refractivity contribution < 1.29 is 18.0 Å². The fraction of sp³-hybridized carbons (Fsp3) is 0.375. The lowest BCUT2D eigenvalue weighted by molar-refractivity contribution is -0.147. The van der Waals surface area contributed by atoms with Crippen LogP contribution in [0.1, 0.15) is 33.5 Å². The molecule has 3 aromatic rings. The number of hydrogen-bond donors (Lipinski definition) is 1. The third-order valence-corrected chi connectivity index (χ3v) is 4.42. The molecule has 1 aliphatic rings. The molecular formula is C16H15F3N8O2. The van der Waals surface area contributed by atoms with E-state index < -0.39 is 23.5 Å². The summed E-state index contributed by atoms with van der Waals surface area (Å²) in [4.78, 5) is 34.7. The van der Waals surface area contributed by atoms with Crippen molar-refractivity contribution in [2.75, 3.05) is 6.54 Å². The highest BCUT2D eigenvalue weighted by molar-refractivity contribution is 5.92. The Kier molecular flexibility index (Phi) is 4.24. The zero-order valence-corrected chi connectivity index (χ0v) is 15.4. The van der Waals surface area contributed by atoms with Gasteiger partial charge in [-0.05, 0) is 19.9 Å². The lowest BCUT2D eigenvalue weighted by atomic mass is 10.3. The molecule has 3 aromatic heterocycles. The van der Waals surface area contributed by atoms with Gasteiger partial charge < -0.3 is 9.47 Å². The van der Waals surface area contributed by atoms with Gasteiger partial charge in [0.25, 0.3) is 17.4 Å². The van der Waals surface area contributed by atoms with Crippen LogP contribution in [-0.4, -0.2) is 51.9 Å². The maximum absolute atomic E-state index is 12.9. The van der Waals surface area contributed by atoms with Gasteiger partial charge in [0, 0.05) is 30.5 Å². The van der Waals surface area contributed by atoms with Crippen molar-refractivity contribution in [2.45, 2.75) is 33.1 Å². The van der Waals surface area contributed by atoms with Crippen LogP contribution in [0.2, 0.25) is 0 Å². The monoisotopic (exact) mass is 408 g/mol. The molecule has 0 unspecified atom stereocenters. The molecule has 4 rings (SSSR count). The van der Waals surface area contributed by atoms with Gasteiger partial charge in [-0.25, -0.2) is 9.97 Å². The van der Waals surface area contributed by atoms with Gasteiger partial charge in [0.05, 0.1) is 6.54 Å². The van der Waals surface area contributed by atoms with E-state index >= 15 is 0 Å². The number of nitrogens with zero attached hydrogens (tertiary/aromatic N) is 7. The molecule has 1 aliphatic heterocycles. The van der Waals surface area contributed by atoms with Crippen LogP contribution in [0, 0.1) is 13.8 Å². The maximum atomic E-state index is 12.9. The van der Waals surface area contributed by atoms with E-state index in [0.29, 0.717) is 11.4 Å². The van der Waals surface area contributed by atoms with Crippen LogP contribution in [-0.2, 0) is 19.3 Å². The Morgan fingerprint density at radius 1 is 1.10 bits per heavy atom. The lowest BCUT2D eigenvalue weighted by Crippen LogP contribution is -2.39. The van der Waals surface area contributed by atoms with E-state index in [-0.39, 0.29) is 37.1 Å². The number of hydrogen-bond acceptors (Lipinski definition) is 6. The minimum atomic E-state index is -4.62. The second kappa shape index (κ2) is 6.53. The first kappa shape index (κ1) is 18.8. The Morgan fingerprint density at radius 3 is 2.45 bits per heavy atom. The van der Waals surface area contributed by atoms with Crippen molar-refractivity contribution in [1.82, 2.24) is 39.4 Å². The van der Waals surface area contributed by atoms with Gasteiger partial charge in [0.15, 0.2) is 5.82 Å². The molecule has 29 heavy (non-hydrogen) atoms. The van der Waals surface area contributed by atoms with Crippen LogP contribution in [0.3, 0.4) is 0 Å². The maximum Gasteiger partial charge on any atom is 0.451 e. The predicted molar refractivity (Wildman–Crippen MR) is 91.2 cm³/mol. The van der Waals surface area contributed by atoms with Crippen molar-refractivity contribution in [3.05, 3.63) is 51.2 Å². The standard InChI is InChI=1S/C16H15F3N8O2/c1-8-5-9(2)21-15(20-8)27-12(28)6-10(24-27)13(29)25-3-4-26-11(7-25)22-23-14(26)16(17,18)19/h5-6,24H,3-4,7H2,1-2H3. The number of halogens is 3. The molecule has 0 saturated heterocycles. The Bertz CT molecular complexity index is 1140. The summed E-state index contributed by atoms with van der Waals surface area (Å²) in [7, 11) is 0. The second-order valence-electron chi connectivity index (χ2n) is 6.61. The highest BCUT2D eigenvalue weighted by Crippen LogP contribution is 2.29. The highest BCUT2D eigenvalue weighted by Gasteiger charge is 2.40. The molecule has 0 fully saturated rings. The molecule has 0 atom stereocenters. The molecule has 10 nitrogen and oxygen atoms in total. The van der Waals surface area contributed by atoms with Gasteiger partial charge in [-0.15, -0.1) is 10.2 Å². The van der Waals surface area contributed by atoms with Crippen molar-refractivity contribution in [2.24, 2.45) is 0 Å². The first-order valence-electron chi connectivity index (χ1n) is 8.57. The number of amides is 1. The number of aromatic amines is 1. The third-order valence-electron chi connectivity index (χ3n) is 4.42. The van der Waals surface area contributed by atoms with Crippen LogP contribution in [0.5, 0.6) is 0 Å². The molecule has 0 radical (unpaired) electrons. The summed E-state index contributed by atoms with van der Waals surface area (Å²) < 4.78 is 40.8. The van der Waals surface area contributed by atoms with Gasteiger partial charge in [0.1, 0.15) is 5.69 Å². The molecule has 1 amide bonds. The normalized spacial score (nSPS) is 14.2. The minimum absolute atomic E-state index is 0.0141. The van der Waals surface area contributed by atoms with Crippen molar-refractivity contribution in [3.8, 4) is 5.95 Å². The van der Waals surface area contributed by atoms with E-state index in [4.69, 9.17) is 0 Å². The first-order chi connectivity index (χ1) is 13.6. The Balaban J connectivity index is 1.60. The number of fused-ring (bicyclic) bond motifs is 1. The van der Waals surface area contributed by atoms with Crippen LogP contribution in [0.15, 0.2) is 16.9 Å². The number of alkyl halides is 3. The van der Waals surface area contributed by atoms with E-state index in [9.17, 15) is 22.8 Å². The Morgan fingerprint density at radius 2 is 1.79 bits per heavy atom. The molecule has 13 heteroatoms. The molecular weight excluding hydrogens is 393 g/mol. The topological polar surface area (TPSA) is 115 Å². The number of aromatic nitrogens is 7. The SMILES string of the molecule is Cc1cc(C)nc(-n2[nH]c(C(=O)N3CCn4c(nnc4C(F)(F)F)C3)cc2=O)n1. The van der Waals surface area contributed by atoms with Crippen LogP contribution in [0.4, 0.5) is 13.2 Å². The second-order valence-corrected chi connectivity index (χ2v) is 6.61. The first-order valence-corrected chi connectivity index (χ1v) is 8.57. The molecule has 1 N–H and O–H groups in total. The van der Waals surface area contributed by atoms with Crippen molar-refractivity contribution in [3.63, 3.8) is 0 Å². The molecule has 152 valence electrons. The van der Waals surface area contributed by atoms with E-state index in [2.05, 4.69) is 25.3 Å². The van der Waals surface area contributed by atoms with Gasteiger partial charge in [-0.3, -0.25) is 14.7 Å². The summed E-state index contributed by atoms with van der Waals surface area (Å²) in [5.74, 6) is -1.52. The molecule has 0 spiro atoms. The van der Waals surface area contributed by atoms with Gasteiger partial charge in [-0.2, -0.15) is 17.9 Å². The highest BCUT2D eigenvalue weighted by atomic mass is 19.4. The lowest BCUT2D eigenvalue weighted by Gasteiger charge is -2.27. The molecule has 0 saturated carbocycles. The largest absolute Gasteiger partial charge is 0.451 e. The number of carbonyl (C=O) groups is 1. The average molecular weight is 408 g/mol. The van der Waals surface area contributed by atoms with Crippen LogP contribution < -0.4 is 5.56 Å². The van der Waals surface area contributed by atoms with Crippen LogP contribution >= 0.6 is 0 Å². The smallest absolute Gasteiger partial charge is 0.328 e. The summed E-state index contributed by atoms with van der Waals surface area (Å²) in [5.41, 5.74) is 0.745. The Labute approximate surface area is 161 Å². The summed E-state index contributed by atoms with van der Waals surface area (Å²) in [6, 6.07) is 2.84. The zero-order chi connectivity index (χ0) is 20.9. The quantitative estimate of drug-likeness (QED) is 0.672. The molecule has 0 aromatic carbocycles. The van der Waals surface area contributed by atoms with Gasteiger partial charge in [0.2, 0.25) is 5.82 Å². The van der Waals surface area contributed by atoms with E-state index in [1.54, 1.807) is 19.9 Å².